The number of amides is 1. The smallest absolute Gasteiger partial charge is 0.411 e. The van der Waals surface area contributed by atoms with Crippen LogP contribution < -0.4 is 0 Å². The Kier molecular flexibility index (Phi) is 5.47. The van der Waals surface area contributed by atoms with E-state index in [1.807, 2.05) is 0 Å². The second-order valence-electron chi connectivity index (χ2n) is 7.27. The summed E-state index contributed by atoms with van der Waals surface area (Å²) in [6.45, 7) is 12.0. The van der Waals surface area contributed by atoms with Crippen molar-refractivity contribution in [3.05, 3.63) is 11.6 Å². The Labute approximate surface area is 133 Å². The van der Waals surface area contributed by atoms with Gasteiger partial charge < -0.3 is 9.47 Å². The van der Waals surface area contributed by atoms with Crippen molar-refractivity contribution in [3.8, 4) is 11.5 Å². The standard InChI is InChI=1S/C16H25NO4Si/c1-16(2,3)21-15(19)17-11-12(8-9-22(5,6)7)10-13(17)14(18)20-4/h10,13H,11H2,1-7H3/t13-/m1/s1. The molecule has 0 bridgehead atoms. The monoisotopic (exact) mass is 323 g/mol. The van der Waals surface area contributed by atoms with Crippen molar-refractivity contribution in [1.82, 2.24) is 4.90 Å². The molecule has 6 heteroatoms. The van der Waals surface area contributed by atoms with Crippen LogP contribution in [-0.2, 0) is 14.3 Å². The highest BCUT2D eigenvalue weighted by atomic mass is 28.3. The van der Waals surface area contributed by atoms with Crippen LogP contribution in [0.4, 0.5) is 4.79 Å². The molecule has 0 aromatic carbocycles. The summed E-state index contributed by atoms with van der Waals surface area (Å²) in [5.74, 6) is 2.60. The number of carbonyl (C=O) groups excluding carboxylic acids is 2. The van der Waals surface area contributed by atoms with Crippen LogP contribution in [0.15, 0.2) is 11.6 Å². The van der Waals surface area contributed by atoms with Crippen LogP contribution in [0.5, 0.6) is 0 Å². The predicted octanol–water partition coefficient (Wildman–Crippen LogP) is 2.59. The van der Waals surface area contributed by atoms with Gasteiger partial charge in [0.15, 0.2) is 6.04 Å². The lowest BCUT2D eigenvalue weighted by Gasteiger charge is -2.27. The van der Waals surface area contributed by atoms with E-state index in [1.165, 1.54) is 12.0 Å². The summed E-state index contributed by atoms with van der Waals surface area (Å²) in [7, 11) is -0.222. The summed E-state index contributed by atoms with van der Waals surface area (Å²) < 4.78 is 10.1. The Morgan fingerprint density at radius 2 is 1.91 bits per heavy atom. The first-order valence-corrected chi connectivity index (χ1v) is 10.7. The second-order valence-corrected chi connectivity index (χ2v) is 12.0. The predicted molar refractivity (Wildman–Crippen MR) is 87.9 cm³/mol. The van der Waals surface area contributed by atoms with Crippen molar-refractivity contribution < 1.29 is 19.1 Å². The first-order valence-electron chi connectivity index (χ1n) is 7.24. The van der Waals surface area contributed by atoms with Crippen molar-refractivity contribution in [2.75, 3.05) is 13.7 Å². The fourth-order valence-corrected chi connectivity index (χ4v) is 2.31. The zero-order chi connectivity index (χ0) is 17.1. The molecular weight excluding hydrogens is 298 g/mol. The summed E-state index contributed by atoms with van der Waals surface area (Å²) >= 11 is 0. The molecule has 5 nitrogen and oxygen atoms in total. The van der Waals surface area contributed by atoms with Crippen molar-refractivity contribution >= 4 is 20.1 Å². The van der Waals surface area contributed by atoms with E-state index in [4.69, 9.17) is 9.47 Å². The Morgan fingerprint density at radius 3 is 2.36 bits per heavy atom. The highest BCUT2D eigenvalue weighted by molar-refractivity contribution is 6.83. The van der Waals surface area contributed by atoms with Gasteiger partial charge >= 0.3 is 12.1 Å². The zero-order valence-electron chi connectivity index (χ0n) is 14.4. The van der Waals surface area contributed by atoms with Crippen molar-refractivity contribution in [1.29, 1.82) is 0 Å². The minimum Gasteiger partial charge on any atom is -0.467 e. The molecule has 122 valence electrons. The molecule has 0 N–H and O–H groups in total. The maximum atomic E-state index is 12.3. The average molecular weight is 323 g/mol. The number of hydrogen-bond donors (Lipinski definition) is 0. The number of hydrogen-bond acceptors (Lipinski definition) is 4. The van der Waals surface area contributed by atoms with Gasteiger partial charge in [0.05, 0.1) is 13.7 Å². The molecule has 0 saturated carbocycles. The molecule has 0 aromatic rings. The number of methoxy groups -OCH3 is 1. The third kappa shape index (κ3) is 5.56. The van der Waals surface area contributed by atoms with Gasteiger partial charge in [-0.25, -0.2) is 9.59 Å². The lowest BCUT2D eigenvalue weighted by molar-refractivity contribution is -0.144. The molecule has 0 saturated heterocycles. The van der Waals surface area contributed by atoms with Crippen LogP contribution >= 0.6 is 0 Å². The molecule has 0 aromatic heterocycles. The highest BCUT2D eigenvalue weighted by Crippen LogP contribution is 2.21. The molecular formula is C16H25NO4Si. The molecule has 22 heavy (non-hydrogen) atoms. The maximum Gasteiger partial charge on any atom is 0.411 e. The molecule has 1 amide bonds. The highest BCUT2D eigenvalue weighted by Gasteiger charge is 2.37. The molecule has 0 radical (unpaired) electrons. The van der Waals surface area contributed by atoms with E-state index in [1.54, 1.807) is 26.8 Å². The summed E-state index contributed by atoms with van der Waals surface area (Å²) in [6, 6.07) is -0.772. The van der Waals surface area contributed by atoms with Gasteiger partial charge in [-0.3, -0.25) is 4.90 Å². The van der Waals surface area contributed by atoms with Gasteiger partial charge in [0.1, 0.15) is 13.7 Å². The Bertz CT molecular complexity index is 543. The normalized spacial score (nSPS) is 18.2. The van der Waals surface area contributed by atoms with Gasteiger partial charge in [-0.2, -0.15) is 0 Å². The molecule has 1 aliphatic rings. The quantitative estimate of drug-likeness (QED) is 0.423. The van der Waals surface area contributed by atoms with E-state index in [0.717, 1.165) is 5.57 Å². The van der Waals surface area contributed by atoms with Crippen LogP contribution in [-0.4, -0.2) is 50.3 Å². The first-order chi connectivity index (χ1) is 9.93. The number of rotatable bonds is 1. The fraction of sp³-hybridized carbons (Fsp3) is 0.625. The molecule has 0 aliphatic carbocycles. The zero-order valence-corrected chi connectivity index (χ0v) is 15.4. The van der Waals surface area contributed by atoms with E-state index in [2.05, 4.69) is 31.1 Å². The Morgan fingerprint density at radius 1 is 1.32 bits per heavy atom. The van der Waals surface area contributed by atoms with E-state index in [-0.39, 0.29) is 6.54 Å². The van der Waals surface area contributed by atoms with E-state index in [9.17, 15) is 9.59 Å². The third-order valence-electron chi connectivity index (χ3n) is 2.70. The van der Waals surface area contributed by atoms with Crippen LogP contribution in [0.25, 0.3) is 0 Å². The van der Waals surface area contributed by atoms with E-state index < -0.39 is 31.8 Å². The molecule has 1 heterocycles. The van der Waals surface area contributed by atoms with Crippen LogP contribution in [0, 0.1) is 11.5 Å². The van der Waals surface area contributed by atoms with E-state index in [0.29, 0.717) is 0 Å². The van der Waals surface area contributed by atoms with Crippen LogP contribution in [0.3, 0.4) is 0 Å². The lowest BCUT2D eigenvalue weighted by atomic mass is 10.2. The molecule has 1 aliphatic heterocycles. The summed E-state index contributed by atoms with van der Waals surface area (Å²) in [5.41, 5.74) is 3.37. The minimum absolute atomic E-state index is 0.270. The van der Waals surface area contributed by atoms with Crippen LogP contribution in [0.2, 0.25) is 19.6 Å². The van der Waals surface area contributed by atoms with Gasteiger partial charge in [0.2, 0.25) is 0 Å². The number of esters is 1. The number of nitrogens with zero attached hydrogens (tertiary/aromatic N) is 1. The van der Waals surface area contributed by atoms with Crippen molar-refractivity contribution in [2.24, 2.45) is 0 Å². The minimum atomic E-state index is -1.52. The number of ether oxygens (including phenoxy) is 2. The van der Waals surface area contributed by atoms with Gasteiger partial charge in [0.25, 0.3) is 0 Å². The van der Waals surface area contributed by atoms with Crippen molar-refractivity contribution in [3.63, 3.8) is 0 Å². The molecule has 1 rings (SSSR count). The Balaban J connectivity index is 2.98. The number of carbonyl (C=O) groups is 2. The Hall–Kier alpha value is -1.74. The molecule has 1 atom stereocenters. The third-order valence-corrected chi connectivity index (χ3v) is 3.58. The molecule has 0 fully saturated rings. The van der Waals surface area contributed by atoms with Crippen LogP contribution in [0.1, 0.15) is 20.8 Å². The van der Waals surface area contributed by atoms with E-state index >= 15 is 0 Å². The van der Waals surface area contributed by atoms with Gasteiger partial charge in [-0.15, -0.1) is 5.54 Å². The summed E-state index contributed by atoms with van der Waals surface area (Å²) in [4.78, 5) is 25.5. The largest absolute Gasteiger partial charge is 0.467 e. The lowest BCUT2D eigenvalue weighted by Crippen LogP contribution is -2.44. The first kappa shape index (κ1) is 18.3. The van der Waals surface area contributed by atoms with Gasteiger partial charge in [-0.1, -0.05) is 25.6 Å². The molecule has 0 unspecified atom stereocenters. The molecule has 0 spiro atoms. The SMILES string of the molecule is COC(=O)[C@H]1C=C(C#C[Si](C)(C)C)CN1C(=O)OC(C)(C)C. The topological polar surface area (TPSA) is 55.8 Å². The fourth-order valence-electron chi connectivity index (χ4n) is 1.78. The van der Waals surface area contributed by atoms with Gasteiger partial charge in [0, 0.05) is 5.57 Å². The second kappa shape index (κ2) is 6.57. The van der Waals surface area contributed by atoms with Crippen molar-refractivity contribution in [2.45, 2.75) is 52.1 Å². The van der Waals surface area contributed by atoms with Gasteiger partial charge in [-0.05, 0) is 26.8 Å². The summed E-state index contributed by atoms with van der Waals surface area (Å²) in [6.07, 6.45) is 1.15. The summed E-state index contributed by atoms with van der Waals surface area (Å²) in [5, 5.41) is 0. The maximum absolute atomic E-state index is 12.3. The average Bonchev–Trinajstić information content (AvgIpc) is 2.77.